The Morgan fingerprint density at radius 2 is 1.88 bits per heavy atom. The number of likely N-dealkylation sites (tertiary alicyclic amines) is 1. The van der Waals surface area contributed by atoms with Gasteiger partial charge in [-0.3, -0.25) is 4.90 Å². The first-order valence-electron chi connectivity index (χ1n) is 5.50. The van der Waals surface area contributed by atoms with E-state index in [1.165, 1.54) is 19.0 Å². The summed E-state index contributed by atoms with van der Waals surface area (Å²) in [4.78, 5) is 6.16. The van der Waals surface area contributed by atoms with E-state index in [0.29, 0.717) is 6.54 Å². The average molecular weight is 307 g/mol. The Morgan fingerprint density at radius 1 is 1.25 bits per heavy atom. The Balaban J connectivity index is 2.01. The maximum absolute atomic E-state index is 11.8. The molecule has 6 heteroatoms. The zero-order chi connectivity index (χ0) is 11.6. The fraction of sp³-hybridized carbons (Fsp3) is 0.700. The van der Waals surface area contributed by atoms with Crippen LogP contribution in [0.3, 0.4) is 0 Å². The van der Waals surface area contributed by atoms with Crippen molar-refractivity contribution in [2.45, 2.75) is 25.7 Å². The van der Waals surface area contributed by atoms with Gasteiger partial charge < -0.3 is 0 Å². The van der Waals surface area contributed by atoms with Crippen molar-refractivity contribution in [1.82, 2.24) is 4.90 Å². The lowest BCUT2D eigenvalue weighted by Gasteiger charge is -2.19. The van der Waals surface area contributed by atoms with Crippen LogP contribution in [-0.4, -0.2) is 38.0 Å². The zero-order valence-electron chi connectivity index (χ0n) is 9.02. The lowest BCUT2D eigenvalue weighted by atomic mass is 10.2. The minimum absolute atomic E-state index is 0.185. The summed E-state index contributed by atoms with van der Waals surface area (Å²) in [5.41, 5.74) is 0. The molecule has 2 rings (SSSR count). The minimum atomic E-state index is -3.29. The molecule has 2 aliphatic rings. The van der Waals surface area contributed by atoms with Crippen LogP contribution in [-0.2, 0) is 9.84 Å². The molecule has 0 spiro atoms. The molecule has 0 aromatic rings. The van der Waals surface area contributed by atoms with Crippen molar-refractivity contribution >= 4 is 30.8 Å². The summed E-state index contributed by atoms with van der Waals surface area (Å²) in [6.07, 6.45) is 6.18. The summed E-state index contributed by atoms with van der Waals surface area (Å²) in [6, 6.07) is 0. The lowest BCUT2D eigenvalue weighted by Crippen LogP contribution is -2.33. The van der Waals surface area contributed by atoms with Crippen LogP contribution in [0.25, 0.3) is 0 Å². The van der Waals surface area contributed by atoms with Crippen LogP contribution in [0.15, 0.2) is 15.0 Å². The van der Waals surface area contributed by atoms with Crippen LogP contribution >= 0.6 is 15.9 Å². The molecule has 0 aliphatic carbocycles. The molecule has 1 saturated heterocycles. The molecule has 2 aliphatic heterocycles. The second-order valence-corrected chi connectivity index (χ2v) is 7.45. The second kappa shape index (κ2) is 4.98. The summed E-state index contributed by atoms with van der Waals surface area (Å²) in [6.45, 7) is 2.41. The van der Waals surface area contributed by atoms with Crippen molar-refractivity contribution in [2.24, 2.45) is 4.99 Å². The molecule has 90 valence electrons. The van der Waals surface area contributed by atoms with E-state index in [0.717, 1.165) is 25.9 Å². The molecule has 0 N–H and O–H groups in total. The van der Waals surface area contributed by atoms with Crippen LogP contribution in [0.1, 0.15) is 25.7 Å². The number of nitrogens with zero attached hydrogens (tertiary/aromatic N) is 2. The van der Waals surface area contributed by atoms with E-state index < -0.39 is 9.84 Å². The highest BCUT2D eigenvalue weighted by molar-refractivity contribution is 9.14. The fourth-order valence-corrected chi connectivity index (χ4v) is 3.61. The van der Waals surface area contributed by atoms with Crippen molar-refractivity contribution in [3.63, 3.8) is 0 Å². The summed E-state index contributed by atoms with van der Waals surface area (Å²) in [7, 11) is -3.29. The SMILES string of the molecule is O=S1(=O)C(Br)=CN=C1CN1CCCCCC1. The first-order chi connectivity index (χ1) is 7.60. The molecule has 0 amide bonds. The van der Waals surface area contributed by atoms with Crippen LogP contribution < -0.4 is 0 Å². The highest BCUT2D eigenvalue weighted by atomic mass is 79.9. The Morgan fingerprint density at radius 3 is 2.38 bits per heavy atom. The second-order valence-electron chi connectivity index (χ2n) is 4.15. The van der Waals surface area contributed by atoms with Gasteiger partial charge in [0.25, 0.3) is 0 Å². The van der Waals surface area contributed by atoms with E-state index in [1.54, 1.807) is 0 Å². The van der Waals surface area contributed by atoms with Gasteiger partial charge in [0.05, 0.1) is 12.7 Å². The van der Waals surface area contributed by atoms with Gasteiger partial charge in [-0.05, 0) is 41.9 Å². The highest BCUT2D eigenvalue weighted by Gasteiger charge is 2.29. The first-order valence-corrected chi connectivity index (χ1v) is 7.78. The molecular formula is C10H15BrN2O2S. The van der Waals surface area contributed by atoms with E-state index in [2.05, 4.69) is 25.8 Å². The van der Waals surface area contributed by atoms with Gasteiger partial charge in [-0.1, -0.05) is 12.8 Å². The van der Waals surface area contributed by atoms with Crippen LogP contribution in [0, 0.1) is 0 Å². The Bertz CT molecular complexity index is 420. The van der Waals surface area contributed by atoms with E-state index in [4.69, 9.17) is 0 Å². The van der Waals surface area contributed by atoms with Crippen molar-refractivity contribution in [2.75, 3.05) is 19.6 Å². The summed E-state index contributed by atoms with van der Waals surface area (Å²) < 4.78 is 23.7. The van der Waals surface area contributed by atoms with Crippen LogP contribution in [0.4, 0.5) is 0 Å². The van der Waals surface area contributed by atoms with Gasteiger partial charge in [-0.2, -0.15) is 0 Å². The molecule has 0 unspecified atom stereocenters. The monoisotopic (exact) mass is 306 g/mol. The number of hydrogen-bond acceptors (Lipinski definition) is 4. The van der Waals surface area contributed by atoms with Gasteiger partial charge in [0.1, 0.15) is 3.81 Å². The Kier molecular flexibility index (Phi) is 3.81. The highest BCUT2D eigenvalue weighted by Crippen LogP contribution is 2.23. The van der Waals surface area contributed by atoms with Crippen molar-refractivity contribution in [3.8, 4) is 0 Å². The number of aliphatic imine (C=N–C) groups is 1. The van der Waals surface area contributed by atoms with Gasteiger partial charge >= 0.3 is 0 Å². The van der Waals surface area contributed by atoms with E-state index >= 15 is 0 Å². The molecule has 0 aromatic heterocycles. The first kappa shape index (κ1) is 12.3. The molecule has 0 saturated carbocycles. The van der Waals surface area contributed by atoms with Gasteiger partial charge in [-0.25, -0.2) is 13.4 Å². The topological polar surface area (TPSA) is 49.7 Å². The number of hydrogen-bond donors (Lipinski definition) is 0. The third kappa shape index (κ3) is 2.55. The minimum Gasteiger partial charge on any atom is -0.297 e. The van der Waals surface area contributed by atoms with Gasteiger partial charge in [-0.15, -0.1) is 0 Å². The predicted octanol–water partition coefficient (Wildman–Crippen LogP) is 1.88. The normalized spacial score (nSPS) is 26.1. The maximum Gasteiger partial charge on any atom is 0.229 e. The maximum atomic E-state index is 11.8. The number of sulfone groups is 1. The molecule has 0 radical (unpaired) electrons. The van der Waals surface area contributed by atoms with E-state index in [1.807, 2.05) is 0 Å². The van der Waals surface area contributed by atoms with E-state index in [-0.39, 0.29) is 8.86 Å². The third-order valence-electron chi connectivity index (χ3n) is 2.93. The molecule has 16 heavy (non-hydrogen) atoms. The van der Waals surface area contributed by atoms with Crippen molar-refractivity contribution in [3.05, 3.63) is 10.0 Å². The fourth-order valence-electron chi connectivity index (χ4n) is 1.99. The van der Waals surface area contributed by atoms with Crippen LogP contribution in [0.5, 0.6) is 0 Å². The summed E-state index contributed by atoms with van der Waals surface area (Å²) in [5.74, 6) is 0. The molecule has 4 nitrogen and oxygen atoms in total. The molecule has 1 fully saturated rings. The standard InChI is InChI=1S/C10H15BrN2O2S/c11-9-7-12-10(16(9,14)15)8-13-5-3-1-2-4-6-13/h7H,1-6,8H2. The largest absolute Gasteiger partial charge is 0.297 e. The smallest absolute Gasteiger partial charge is 0.229 e. The number of halogens is 1. The molecule has 0 bridgehead atoms. The molecular weight excluding hydrogens is 292 g/mol. The third-order valence-corrected chi connectivity index (χ3v) is 5.89. The van der Waals surface area contributed by atoms with Gasteiger partial charge in [0, 0.05) is 0 Å². The van der Waals surface area contributed by atoms with E-state index in [9.17, 15) is 8.42 Å². The summed E-state index contributed by atoms with van der Waals surface area (Å²) in [5, 5.41) is 0.279. The predicted molar refractivity (Wildman–Crippen MR) is 68.3 cm³/mol. The Hall–Kier alpha value is -0.200. The van der Waals surface area contributed by atoms with Gasteiger partial charge in [0.15, 0.2) is 5.04 Å². The average Bonchev–Trinajstić information content (AvgIpc) is 2.50. The quantitative estimate of drug-likeness (QED) is 0.783. The van der Waals surface area contributed by atoms with Gasteiger partial charge in [0.2, 0.25) is 9.84 Å². The lowest BCUT2D eigenvalue weighted by molar-refractivity contribution is 0.326. The molecule has 2 heterocycles. The molecule has 0 atom stereocenters. The Labute approximate surface area is 104 Å². The van der Waals surface area contributed by atoms with Crippen LogP contribution in [0.2, 0.25) is 0 Å². The van der Waals surface area contributed by atoms with Crippen molar-refractivity contribution in [1.29, 1.82) is 0 Å². The molecule has 0 aromatic carbocycles. The number of rotatable bonds is 2. The summed E-state index contributed by atoms with van der Waals surface area (Å²) >= 11 is 3.02. The van der Waals surface area contributed by atoms with Crippen molar-refractivity contribution < 1.29 is 8.42 Å². The zero-order valence-corrected chi connectivity index (χ0v) is 11.4.